The van der Waals surface area contributed by atoms with E-state index in [1.54, 1.807) is 9.80 Å². The second-order valence-corrected chi connectivity index (χ2v) is 7.12. The molecular weight excluding hydrogens is 394 g/mol. The van der Waals surface area contributed by atoms with Crippen molar-refractivity contribution in [1.29, 1.82) is 0 Å². The number of rotatable bonds is 3. The number of hydrogen-bond acceptors (Lipinski definition) is 8. The van der Waals surface area contributed by atoms with Crippen LogP contribution in [0, 0.1) is 0 Å². The fraction of sp³-hybridized carbons (Fsp3) is 0.529. The Morgan fingerprint density at radius 3 is 2.38 bits per heavy atom. The average molecular weight is 413 g/mol. The molecular formula is C17H19F4N7O. The lowest BCUT2D eigenvalue weighted by Crippen LogP contribution is -2.49. The van der Waals surface area contributed by atoms with Crippen LogP contribution in [0.25, 0.3) is 11.3 Å². The molecule has 2 aliphatic rings. The van der Waals surface area contributed by atoms with E-state index < -0.39 is 30.1 Å². The van der Waals surface area contributed by atoms with Gasteiger partial charge in [0.2, 0.25) is 11.9 Å². The van der Waals surface area contributed by atoms with Crippen molar-refractivity contribution in [2.75, 3.05) is 41.7 Å². The summed E-state index contributed by atoms with van der Waals surface area (Å²) in [6.07, 6.45) is -4.22. The zero-order valence-electron chi connectivity index (χ0n) is 15.3. The minimum Gasteiger partial charge on any atom is -0.393 e. The highest BCUT2D eigenvalue weighted by Gasteiger charge is 2.37. The Bertz CT molecular complexity index is 896. The summed E-state index contributed by atoms with van der Waals surface area (Å²) in [6.45, 7) is 1.14. The molecule has 2 saturated heterocycles. The first-order valence-corrected chi connectivity index (χ1v) is 9.12. The summed E-state index contributed by atoms with van der Waals surface area (Å²) in [6, 6.07) is 1.37. The highest BCUT2D eigenvalue weighted by molar-refractivity contribution is 5.68. The van der Waals surface area contributed by atoms with Crippen LogP contribution in [0.2, 0.25) is 0 Å². The number of nitrogen functional groups attached to an aromatic ring is 1. The molecule has 0 aromatic carbocycles. The summed E-state index contributed by atoms with van der Waals surface area (Å²) in [4.78, 5) is 19.2. The van der Waals surface area contributed by atoms with Crippen LogP contribution >= 0.6 is 0 Å². The van der Waals surface area contributed by atoms with E-state index in [0.717, 1.165) is 6.20 Å². The smallest absolute Gasteiger partial charge is 0.393 e. The standard InChI is InChI=1S/C17H19F4N7O/c18-9-7-28(8-9)13-5-12(11-6-23-15(22)26-14(11)17(19,20)21)24-16(25-13)27-3-1-10(29)2-4-27/h5-6,9-10,29H,1-4,7-8H2,(H2,22,23,26). The lowest BCUT2D eigenvalue weighted by molar-refractivity contribution is -0.140. The number of aromatic nitrogens is 4. The number of nitrogens with zero attached hydrogens (tertiary/aromatic N) is 6. The van der Waals surface area contributed by atoms with Crippen molar-refractivity contribution in [2.24, 2.45) is 0 Å². The molecule has 156 valence electrons. The molecule has 2 aromatic rings. The summed E-state index contributed by atoms with van der Waals surface area (Å²) < 4.78 is 53.9. The third-order valence-corrected chi connectivity index (χ3v) is 4.96. The molecule has 0 atom stereocenters. The monoisotopic (exact) mass is 413 g/mol. The zero-order valence-corrected chi connectivity index (χ0v) is 15.3. The van der Waals surface area contributed by atoms with E-state index >= 15 is 0 Å². The maximum atomic E-state index is 13.5. The van der Waals surface area contributed by atoms with E-state index in [-0.39, 0.29) is 30.3 Å². The van der Waals surface area contributed by atoms with Crippen molar-refractivity contribution in [3.8, 4) is 11.3 Å². The van der Waals surface area contributed by atoms with Crippen LogP contribution in [0.1, 0.15) is 18.5 Å². The van der Waals surface area contributed by atoms with Crippen LogP contribution in [-0.2, 0) is 6.18 Å². The molecule has 4 rings (SSSR count). The Kier molecular flexibility index (Phi) is 4.89. The fourth-order valence-electron chi connectivity index (χ4n) is 3.34. The molecule has 8 nitrogen and oxygen atoms in total. The molecule has 0 radical (unpaired) electrons. The number of piperidine rings is 1. The van der Waals surface area contributed by atoms with Gasteiger partial charge < -0.3 is 20.6 Å². The second-order valence-electron chi connectivity index (χ2n) is 7.12. The van der Waals surface area contributed by atoms with Gasteiger partial charge in [-0.2, -0.15) is 18.2 Å². The van der Waals surface area contributed by atoms with Crippen molar-refractivity contribution >= 4 is 17.7 Å². The third kappa shape index (κ3) is 4.02. The minimum atomic E-state index is -4.76. The average Bonchev–Trinajstić information content (AvgIpc) is 2.65. The van der Waals surface area contributed by atoms with Crippen LogP contribution in [0.3, 0.4) is 0 Å². The fourth-order valence-corrected chi connectivity index (χ4v) is 3.34. The molecule has 0 aliphatic carbocycles. The topological polar surface area (TPSA) is 104 Å². The van der Waals surface area contributed by atoms with Crippen molar-refractivity contribution in [3.05, 3.63) is 18.0 Å². The summed E-state index contributed by atoms with van der Waals surface area (Å²) in [5.41, 5.74) is 3.81. The molecule has 0 unspecified atom stereocenters. The highest BCUT2D eigenvalue weighted by atomic mass is 19.4. The van der Waals surface area contributed by atoms with Gasteiger partial charge in [0.05, 0.1) is 24.9 Å². The molecule has 4 heterocycles. The van der Waals surface area contributed by atoms with E-state index in [1.807, 2.05) is 0 Å². The number of anilines is 3. The molecule has 0 amide bonds. The molecule has 0 spiro atoms. The normalized spacial score (nSPS) is 18.8. The summed E-state index contributed by atoms with van der Waals surface area (Å²) in [5.74, 6) is 0.0511. The minimum absolute atomic E-state index is 0.0224. The Morgan fingerprint density at radius 2 is 1.76 bits per heavy atom. The van der Waals surface area contributed by atoms with Gasteiger partial charge in [-0.25, -0.2) is 19.3 Å². The maximum absolute atomic E-state index is 13.5. The molecule has 29 heavy (non-hydrogen) atoms. The van der Waals surface area contributed by atoms with Crippen LogP contribution in [-0.4, -0.2) is 63.5 Å². The molecule has 0 saturated carbocycles. The first-order chi connectivity index (χ1) is 13.7. The number of aliphatic hydroxyl groups is 1. The number of aliphatic hydroxyl groups excluding tert-OH is 1. The molecule has 12 heteroatoms. The molecule has 3 N–H and O–H groups in total. The van der Waals surface area contributed by atoms with Crippen molar-refractivity contribution in [2.45, 2.75) is 31.3 Å². The van der Waals surface area contributed by atoms with Gasteiger partial charge in [0, 0.05) is 30.9 Å². The van der Waals surface area contributed by atoms with Gasteiger partial charge in [-0.15, -0.1) is 0 Å². The predicted molar refractivity (Wildman–Crippen MR) is 97.0 cm³/mol. The van der Waals surface area contributed by atoms with E-state index in [0.29, 0.717) is 31.7 Å². The highest BCUT2D eigenvalue weighted by Crippen LogP contribution is 2.37. The van der Waals surface area contributed by atoms with Crippen molar-refractivity contribution in [3.63, 3.8) is 0 Å². The zero-order chi connectivity index (χ0) is 20.8. The van der Waals surface area contributed by atoms with Crippen LogP contribution in [0.15, 0.2) is 12.3 Å². The van der Waals surface area contributed by atoms with Gasteiger partial charge in [-0.05, 0) is 12.8 Å². The van der Waals surface area contributed by atoms with Gasteiger partial charge in [-0.1, -0.05) is 0 Å². The lowest BCUT2D eigenvalue weighted by Gasteiger charge is -2.36. The number of nitrogens with two attached hydrogens (primary N) is 1. The second kappa shape index (κ2) is 7.25. The molecule has 2 fully saturated rings. The maximum Gasteiger partial charge on any atom is 0.434 e. The van der Waals surface area contributed by atoms with Crippen molar-refractivity contribution < 1.29 is 22.7 Å². The molecule has 0 bridgehead atoms. The van der Waals surface area contributed by atoms with Gasteiger partial charge in [0.25, 0.3) is 0 Å². The Hall–Kier alpha value is -2.76. The molecule has 2 aromatic heterocycles. The largest absolute Gasteiger partial charge is 0.434 e. The molecule has 2 aliphatic heterocycles. The third-order valence-electron chi connectivity index (χ3n) is 4.96. The Balaban J connectivity index is 1.79. The Labute approximate surface area is 163 Å². The van der Waals surface area contributed by atoms with E-state index in [9.17, 15) is 22.7 Å². The first-order valence-electron chi connectivity index (χ1n) is 9.12. The van der Waals surface area contributed by atoms with Gasteiger partial charge in [0.15, 0.2) is 5.69 Å². The SMILES string of the molecule is Nc1ncc(-c2cc(N3CC(F)C3)nc(N3CCC(O)CC3)n2)c(C(F)(F)F)n1. The Morgan fingerprint density at radius 1 is 1.07 bits per heavy atom. The number of alkyl halides is 4. The summed E-state index contributed by atoms with van der Waals surface area (Å²) in [5, 5.41) is 9.71. The number of hydrogen-bond donors (Lipinski definition) is 2. The van der Waals surface area contributed by atoms with Crippen LogP contribution < -0.4 is 15.5 Å². The van der Waals surface area contributed by atoms with Gasteiger partial charge in [0.1, 0.15) is 12.0 Å². The van der Waals surface area contributed by atoms with Crippen LogP contribution in [0.4, 0.5) is 35.3 Å². The van der Waals surface area contributed by atoms with E-state index in [1.165, 1.54) is 6.07 Å². The van der Waals surface area contributed by atoms with Gasteiger partial charge in [-0.3, -0.25) is 0 Å². The number of halogens is 4. The van der Waals surface area contributed by atoms with E-state index in [4.69, 9.17) is 5.73 Å². The quantitative estimate of drug-likeness (QED) is 0.733. The van der Waals surface area contributed by atoms with E-state index in [2.05, 4.69) is 19.9 Å². The lowest BCUT2D eigenvalue weighted by atomic mass is 10.1. The first kappa shape index (κ1) is 19.6. The summed E-state index contributed by atoms with van der Waals surface area (Å²) >= 11 is 0. The predicted octanol–water partition coefficient (Wildman–Crippen LogP) is 1.65. The van der Waals surface area contributed by atoms with Gasteiger partial charge >= 0.3 is 6.18 Å². The van der Waals surface area contributed by atoms with Crippen molar-refractivity contribution in [1.82, 2.24) is 19.9 Å². The van der Waals surface area contributed by atoms with Crippen LogP contribution in [0.5, 0.6) is 0 Å². The summed E-state index contributed by atoms with van der Waals surface area (Å²) in [7, 11) is 0.